The molecule has 16 heavy (non-hydrogen) atoms. The topological polar surface area (TPSA) is 41.1 Å². The van der Waals surface area contributed by atoms with E-state index in [0.29, 0.717) is 6.54 Å². The van der Waals surface area contributed by atoms with E-state index in [1.54, 1.807) is 0 Å². The summed E-state index contributed by atoms with van der Waals surface area (Å²) in [5.74, 6) is 0.0159. The Kier molecular flexibility index (Phi) is 4.99. The summed E-state index contributed by atoms with van der Waals surface area (Å²) in [6.45, 7) is 7.39. The van der Waals surface area contributed by atoms with Gasteiger partial charge in [-0.15, -0.1) is 0 Å². The van der Waals surface area contributed by atoms with E-state index in [0.717, 1.165) is 24.2 Å². The van der Waals surface area contributed by atoms with Gasteiger partial charge in [0.1, 0.15) is 0 Å². The van der Waals surface area contributed by atoms with Crippen LogP contribution in [0.15, 0.2) is 18.2 Å². The van der Waals surface area contributed by atoms with Crippen molar-refractivity contribution in [3.8, 4) is 0 Å². The molecule has 0 aliphatic carbocycles. The van der Waals surface area contributed by atoms with E-state index >= 15 is 0 Å². The second-order valence-electron chi connectivity index (χ2n) is 3.97. The van der Waals surface area contributed by atoms with Gasteiger partial charge in [-0.05, 0) is 44.0 Å². The Bertz CT molecular complexity index is 361. The van der Waals surface area contributed by atoms with E-state index in [9.17, 15) is 4.79 Å². The van der Waals surface area contributed by atoms with Crippen LogP contribution in [0.2, 0.25) is 0 Å². The maximum Gasteiger partial charge on any atom is 0.238 e. The Morgan fingerprint density at radius 2 is 2.06 bits per heavy atom. The molecule has 0 spiro atoms. The summed E-state index contributed by atoms with van der Waals surface area (Å²) < 4.78 is 0. The highest BCUT2D eigenvalue weighted by atomic mass is 16.1. The Morgan fingerprint density at radius 3 is 2.75 bits per heavy atom. The smallest absolute Gasteiger partial charge is 0.238 e. The molecule has 0 radical (unpaired) electrons. The molecule has 0 atom stereocenters. The molecule has 0 aliphatic heterocycles. The van der Waals surface area contributed by atoms with E-state index in [4.69, 9.17) is 0 Å². The van der Waals surface area contributed by atoms with Crippen LogP contribution < -0.4 is 10.6 Å². The molecule has 0 heterocycles. The third-order valence-electron chi connectivity index (χ3n) is 2.59. The molecular weight excluding hydrogens is 200 g/mol. The van der Waals surface area contributed by atoms with E-state index in [-0.39, 0.29) is 5.91 Å². The molecule has 0 saturated heterocycles. The van der Waals surface area contributed by atoms with Gasteiger partial charge in [-0.25, -0.2) is 0 Å². The van der Waals surface area contributed by atoms with Crippen molar-refractivity contribution < 1.29 is 4.79 Å². The Labute approximate surface area is 97.2 Å². The summed E-state index contributed by atoms with van der Waals surface area (Å²) in [7, 11) is 0. The Morgan fingerprint density at radius 1 is 1.31 bits per heavy atom. The number of carbonyl (C=O) groups excluding carboxylic acids is 1. The molecule has 1 rings (SSSR count). The number of amides is 1. The van der Waals surface area contributed by atoms with Gasteiger partial charge in [0.25, 0.3) is 0 Å². The summed E-state index contributed by atoms with van der Waals surface area (Å²) in [6, 6.07) is 5.93. The quantitative estimate of drug-likeness (QED) is 0.747. The van der Waals surface area contributed by atoms with Gasteiger partial charge in [-0.3, -0.25) is 4.79 Å². The van der Waals surface area contributed by atoms with Crippen molar-refractivity contribution in [3.05, 3.63) is 29.3 Å². The molecule has 88 valence electrons. The second-order valence-corrected chi connectivity index (χ2v) is 3.97. The lowest BCUT2D eigenvalue weighted by Gasteiger charge is -2.10. The molecule has 2 N–H and O–H groups in total. The van der Waals surface area contributed by atoms with Crippen molar-refractivity contribution in [2.75, 3.05) is 18.4 Å². The minimum Gasteiger partial charge on any atom is -0.325 e. The summed E-state index contributed by atoms with van der Waals surface area (Å²) in [4.78, 5) is 11.6. The van der Waals surface area contributed by atoms with Gasteiger partial charge in [0.15, 0.2) is 0 Å². The van der Waals surface area contributed by atoms with Crippen molar-refractivity contribution in [2.24, 2.45) is 0 Å². The number of nitrogens with one attached hydrogen (secondary N) is 2. The van der Waals surface area contributed by atoms with Crippen LogP contribution >= 0.6 is 0 Å². The molecule has 0 fully saturated rings. The van der Waals surface area contributed by atoms with Crippen LogP contribution in [0.3, 0.4) is 0 Å². The lowest BCUT2D eigenvalue weighted by atomic mass is 10.1. The predicted molar refractivity (Wildman–Crippen MR) is 67.7 cm³/mol. The number of hydrogen-bond donors (Lipinski definition) is 2. The first-order valence-corrected chi connectivity index (χ1v) is 5.72. The molecule has 0 aromatic heterocycles. The zero-order valence-electron chi connectivity index (χ0n) is 10.3. The third-order valence-corrected chi connectivity index (χ3v) is 2.59. The van der Waals surface area contributed by atoms with Crippen LogP contribution in [-0.4, -0.2) is 19.0 Å². The molecule has 3 heteroatoms. The number of hydrogen-bond acceptors (Lipinski definition) is 2. The average molecular weight is 220 g/mol. The molecule has 0 bridgehead atoms. The average Bonchev–Trinajstić information content (AvgIpc) is 2.25. The van der Waals surface area contributed by atoms with Crippen LogP contribution in [0.5, 0.6) is 0 Å². The third kappa shape index (κ3) is 3.66. The fourth-order valence-corrected chi connectivity index (χ4v) is 1.46. The van der Waals surface area contributed by atoms with Crippen LogP contribution in [0.25, 0.3) is 0 Å². The van der Waals surface area contributed by atoms with Crippen LogP contribution in [0.4, 0.5) is 5.69 Å². The maximum atomic E-state index is 11.6. The van der Waals surface area contributed by atoms with Gasteiger partial charge in [-0.2, -0.15) is 0 Å². The van der Waals surface area contributed by atoms with E-state index in [1.807, 2.05) is 32.0 Å². The standard InChI is InChI=1S/C13H20N2O/c1-4-8-14-9-13(16)15-12-7-5-6-10(2)11(12)3/h5-7,14H,4,8-9H2,1-3H3,(H,15,16). The molecule has 0 unspecified atom stereocenters. The van der Waals surface area contributed by atoms with E-state index in [2.05, 4.69) is 17.6 Å². The van der Waals surface area contributed by atoms with Crippen molar-refractivity contribution in [2.45, 2.75) is 27.2 Å². The van der Waals surface area contributed by atoms with E-state index in [1.165, 1.54) is 5.56 Å². The van der Waals surface area contributed by atoms with Gasteiger partial charge in [0.05, 0.1) is 6.54 Å². The highest BCUT2D eigenvalue weighted by Gasteiger charge is 2.04. The fourth-order valence-electron chi connectivity index (χ4n) is 1.46. The molecule has 0 aliphatic rings. The lowest BCUT2D eigenvalue weighted by Crippen LogP contribution is -2.28. The fraction of sp³-hybridized carbons (Fsp3) is 0.462. The van der Waals surface area contributed by atoms with Gasteiger partial charge in [0.2, 0.25) is 5.91 Å². The van der Waals surface area contributed by atoms with Crippen molar-refractivity contribution in [3.63, 3.8) is 0 Å². The maximum absolute atomic E-state index is 11.6. The van der Waals surface area contributed by atoms with E-state index < -0.39 is 0 Å². The predicted octanol–water partition coefficient (Wildman–Crippen LogP) is 2.24. The Balaban J connectivity index is 2.53. The minimum absolute atomic E-state index is 0.0159. The van der Waals surface area contributed by atoms with Crippen LogP contribution in [-0.2, 0) is 4.79 Å². The zero-order chi connectivity index (χ0) is 12.0. The van der Waals surface area contributed by atoms with Crippen molar-refractivity contribution in [1.82, 2.24) is 5.32 Å². The minimum atomic E-state index is 0.0159. The number of aryl methyl sites for hydroxylation is 1. The molecule has 1 aromatic rings. The van der Waals surface area contributed by atoms with Gasteiger partial charge >= 0.3 is 0 Å². The summed E-state index contributed by atoms with van der Waals surface area (Å²) >= 11 is 0. The van der Waals surface area contributed by atoms with Crippen molar-refractivity contribution >= 4 is 11.6 Å². The Hall–Kier alpha value is -1.35. The number of carbonyl (C=O) groups is 1. The van der Waals surface area contributed by atoms with Crippen LogP contribution in [0.1, 0.15) is 24.5 Å². The number of anilines is 1. The molecular formula is C13H20N2O. The summed E-state index contributed by atoms with van der Waals surface area (Å²) in [5, 5.41) is 5.99. The highest BCUT2D eigenvalue weighted by Crippen LogP contribution is 2.17. The van der Waals surface area contributed by atoms with Gasteiger partial charge < -0.3 is 10.6 Å². The summed E-state index contributed by atoms with van der Waals surface area (Å²) in [6.07, 6.45) is 1.04. The largest absolute Gasteiger partial charge is 0.325 e. The molecule has 1 amide bonds. The number of benzene rings is 1. The second kappa shape index (κ2) is 6.28. The van der Waals surface area contributed by atoms with Gasteiger partial charge in [0, 0.05) is 5.69 Å². The SMILES string of the molecule is CCCNCC(=O)Nc1cccc(C)c1C. The first kappa shape index (κ1) is 12.7. The van der Waals surface area contributed by atoms with Crippen LogP contribution in [0, 0.1) is 13.8 Å². The first-order valence-electron chi connectivity index (χ1n) is 5.72. The number of rotatable bonds is 5. The highest BCUT2D eigenvalue weighted by molar-refractivity contribution is 5.93. The van der Waals surface area contributed by atoms with Crippen molar-refractivity contribution in [1.29, 1.82) is 0 Å². The molecule has 0 saturated carbocycles. The monoisotopic (exact) mass is 220 g/mol. The molecule has 1 aromatic carbocycles. The first-order chi connectivity index (χ1) is 7.65. The lowest BCUT2D eigenvalue weighted by molar-refractivity contribution is -0.115. The molecule has 3 nitrogen and oxygen atoms in total. The normalized spacial score (nSPS) is 10.2. The zero-order valence-corrected chi connectivity index (χ0v) is 10.3. The van der Waals surface area contributed by atoms with Gasteiger partial charge in [-0.1, -0.05) is 19.1 Å². The summed E-state index contributed by atoms with van der Waals surface area (Å²) in [5.41, 5.74) is 3.23.